The van der Waals surface area contributed by atoms with E-state index in [2.05, 4.69) is 5.32 Å². The number of amides is 1. The first kappa shape index (κ1) is 14.0. The molecule has 2 aromatic rings. The molecule has 0 aliphatic carbocycles. The molecule has 0 saturated carbocycles. The van der Waals surface area contributed by atoms with E-state index in [1.54, 1.807) is 13.0 Å². The Bertz CT molecular complexity index is 611. The van der Waals surface area contributed by atoms with Crippen LogP contribution in [-0.2, 0) is 0 Å². The number of halogens is 2. The largest absolute Gasteiger partial charge is 0.345 e. The Labute approximate surface area is 120 Å². The lowest BCUT2D eigenvalue weighted by atomic mass is 10.1. The second-order valence-electron chi connectivity index (χ2n) is 4.30. The molecular weight excluding hydrogens is 285 g/mol. The van der Waals surface area contributed by atoms with Crippen LogP contribution in [0.25, 0.3) is 0 Å². The molecule has 100 valence electrons. The van der Waals surface area contributed by atoms with E-state index in [4.69, 9.17) is 11.6 Å². The van der Waals surface area contributed by atoms with Crippen molar-refractivity contribution < 1.29 is 9.18 Å². The molecule has 1 amide bonds. The third-order valence-corrected chi connectivity index (χ3v) is 4.22. The van der Waals surface area contributed by atoms with Gasteiger partial charge in [-0.2, -0.15) is 0 Å². The first-order valence-corrected chi connectivity index (χ1v) is 6.99. The molecule has 1 aromatic heterocycles. The van der Waals surface area contributed by atoms with Crippen LogP contribution in [0.15, 0.2) is 30.3 Å². The summed E-state index contributed by atoms with van der Waals surface area (Å²) in [4.78, 5) is 13.1. The van der Waals surface area contributed by atoms with Crippen molar-refractivity contribution in [3.8, 4) is 0 Å². The molecule has 1 N–H and O–H groups in total. The molecule has 2 rings (SSSR count). The lowest BCUT2D eigenvalue weighted by Crippen LogP contribution is -2.26. The third-order valence-electron chi connectivity index (χ3n) is 2.80. The predicted octanol–water partition coefficient (Wildman–Crippen LogP) is 4.34. The van der Waals surface area contributed by atoms with Crippen molar-refractivity contribution in [3.63, 3.8) is 0 Å². The number of aryl methyl sites for hydroxylation is 1. The summed E-state index contributed by atoms with van der Waals surface area (Å²) in [7, 11) is 0. The van der Waals surface area contributed by atoms with Gasteiger partial charge in [-0.05, 0) is 49.7 Å². The summed E-state index contributed by atoms with van der Waals surface area (Å²) in [5, 5.41) is 2.88. The van der Waals surface area contributed by atoms with E-state index >= 15 is 0 Å². The zero-order valence-electron chi connectivity index (χ0n) is 10.5. The van der Waals surface area contributed by atoms with Crippen molar-refractivity contribution in [3.05, 3.63) is 56.5 Å². The van der Waals surface area contributed by atoms with E-state index < -0.39 is 0 Å². The van der Waals surface area contributed by atoms with Crippen LogP contribution in [0.4, 0.5) is 4.39 Å². The number of rotatable bonds is 3. The summed E-state index contributed by atoms with van der Waals surface area (Å²) in [5.74, 6) is -0.554. The number of hydrogen-bond donors (Lipinski definition) is 1. The highest BCUT2D eigenvalue weighted by Crippen LogP contribution is 2.26. The Hall–Kier alpha value is -1.39. The molecule has 1 aromatic carbocycles. The Kier molecular flexibility index (Phi) is 4.22. The molecule has 0 bridgehead atoms. The summed E-state index contributed by atoms with van der Waals surface area (Å²) >= 11 is 7.30. The fraction of sp³-hybridized carbons (Fsp3) is 0.214. The average Bonchev–Trinajstić information content (AvgIpc) is 2.75. The van der Waals surface area contributed by atoms with E-state index in [1.165, 1.54) is 29.5 Å². The monoisotopic (exact) mass is 297 g/mol. The molecule has 2 nitrogen and oxygen atoms in total. The van der Waals surface area contributed by atoms with Crippen molar-refractivity contribution in [2.24, 2.45) is 0 Å². The smallest absolute Gasteiger partial charge is 0.252 e. The minimum atomic E-state index is -0.341. The molecule has 0 aliphatic heterocycles. The van der Waals surface area contributed by atoms with Gasteiger partial charge in [-0.15, -0.1) is 11.3 Å². The van der Waals surface area contributed by atoms with Gasteiger partial charge in [0.25, 0.3) is 5.91 Å². The molecule has 0 fully saturated rings. The van der Waals surface area contributed by atoms with Gasteiger partial charge in [0.1, 0.15) is 5.82 Å². The molecular formula is C14H13ClFNOS. The summed E-state index contributed by atoms with van der Waals surface area (Å²) < 4.78 is 13.7. The lowest BCUT2D eigenvalue weighted by Gasteiger charge is -2.13. The van der Waals surface area contributed by atoms with E-state index in [1.807, 2.05) is 13.0 Å². The molecule has 1 atom stereocenters. The van der Waals surface area contributed by atoms with Gasteiger partial charge in [0.05, 0.1) is 10.4 Å². The normalized spacial score (nSPS) is 12.2. The maximum absolute atomic E-state index is 13.0. The Balaban J connectivity index is 2.12. The maximum Gasteiger partial charge on any atom is 0.252 e. The number of carbonyl (C=O) groups is 1. The summed E-state index contributed by atoms with van der Waals surface area (Å²) in [5.41, 5.74) is 1.10. The van der Waals surface area contributed by atoms with E-state index in [-0.39, 0.29) is 17.8 Å². The van der Waals surface area contributed by atoms with Crippen LogP contribution in [0, 0.1) is 12.7 Å². The first-order chi connectivity index (χ1) is 8.97. The molecule has 0 saturated heterocycles. The van der Waals surface area contributed by atoms with Gasteiger partial charge in [0.2, 0.25) is 0 Å². The molecule has 5 heteroatoms. The number of nitrogens with one attached hydrogen (secondary N) is 1. The van der Waals surface area contributed by atoms with Crippen LogP contribution in [0.5, 0.6) is 0 Å². The summed E-state index contributed by atoms with van der Waals surface area (Å²) in [6, 6.07) is 7.68. The summed E-state index contributed by atoms with van der Waals surface area (Å²) in [6.45, 7) is 3.60. The summed E-state index contributed by atoms with van der Waals surface area (Å²) in [6.07, 6.45) is 0. The van der Waals surface area contributed by atoms with Gasteiger partial charge in [-0.3, -0.25) is 4.79 Å². The van der Waals surface area contributed by atoms with Crippen molar-refractivity contribution in [1.82, 2.24) is 5.32 Å². The van der Waals surface area contributed by atoms with Gasteiger partial charge in [-0.1, -0.05) is 11.6 Å². The van der Waals surface area contributed by atoms with Crippen LogP contribution in [0.2, 0.25) is 4.34 Å². The molecule has 0 aliphatic rings. The Morgan fingerprint density at radius 3 is 2.68 bits per heavy atom. The van der Waals surface area contributed by atoms with Crippen LogP contribution < -0.4 is 5.32 Å². The Morgan fingerprint density at radius 2 is 2.11 bits per heavy atom. The standard InChI is InChI=1S/C14H13ClFNOS/c1-8-7-10(16)3-4-11(8)14(18)17-9(2)12-5-6-13(15)19-12/h3-7,9H,1-2H3,(H,17,18). The highest BCUT2D eigenvalue weighted by atomic mass is 35.5. The zero-order valence-corrected chi connectivity index (χ0v) is 12.1. The highest BCUT2D eigenvalue weighted by Gasteiger charge is 2.14. The second-order valence-corrected chi connectivity index (χ2v) is 6.04. The number of thiophene rings is 1. The molecule has 0 radical (unpaired) electrons. The number of carbonyl (C=O) groups excluding carboxylic acids is 1. The van der Waals surface area contributed by atoms with Gasteiger partial charge in [0, 0.05) is 10.4 Å². The van der Waals surface area contributed by atoms with Crippen molar-refractivity contribution in [1.29, 1.82) is 0 Å². The molecule has 0 spiro atoms. The lowest BCUT2D eigenvalue weighted by molar-refractivity contribution is 0.0940. The average molecular weight is 298 g/mol. The fourth-order valence-corrected chi connectivity index (χ4v) is 2.85. The van der Waals surface area contributed by atoms with Crippen molar-refractivity contribution in [2.75, 3.05) is 0 Å². The maximum atomic E-state index is 13.0. The SMILES string of the molecule is Cc1cc(F)ccc1C(=O)NC(C)c1ccc(Cl)s1. The molecule has 1 heterocycles. The third kappa shape index (κ3) is 3.33. The van der Waals surface area contributed by atoms with Crippen molar-refractivity contribution in [2.45, 2.75) is 19.9 Å². The molecule has 19 heavy (non-hydrogen) atoms. The zero-order chi connectivity index (χ0) is 14.0. The first-order valence-electron chi connectivity index (χ1n) is 5.79. The van der Waals surface area contributed by atoms with Crippen LogP contribution >= 0.6 is 22.9 Å². The molecule has 1 unspecified atom stereocenters. The number of hydrogen-bond acceptors (Lipinski definition) is 2. The predicted molar refractivity (Wildman–Crippen MR) is 76.3 cm³/mol. The second kappa shape index (κ2) is 5.72. The van der Waals surface area contributed by atoms with Gasteiger partial charge >= 0.3 is 0 Å². The van der Waals surface area contributed by atoms with Gasteiger partial charge in [0.15, 0.2) is 0 Å². The van der Waals surface area contributed by atoms with E-state index in [0.717, 1.165) is 4.88 Å². The minimum absolute atomic E-state index is 0.130. The topological polar surface area (TPSA) is 29.1 Å². The van der Waals surface area contributed by atoms with Crippen LogP contribution in [0.1, 0.15) is 33.8 Å². The van der Waals surface area contributed by atoms with Crippen molar-refractivity contribution >= 4 is 28.8 Å². The van der Waals surface area contributed by atoms with E-state index in [9.17, 15) is 9.18 Å². The van der Waals surface area contributed by atoms with E-state index in [0.29, 0.717) is 15.5 Å². The van der Waals surface area contributed by atoms with Crippen LogP contribution in [-0.4, -0.2) is 5.91 Å². The van der Waals surface area contributed by atoms with Gasteiger partial charge in [-0.25, -0.2) is 4.39 Å². The number of benzene rings is 1. The van der Waals surface area contributed by atoms with Gasteiger partial charge < -0.3 is 5.32 Å². The quantitative estimate of drug-likeness (QED) is 0.897. The highest BCUT2D eigenvalue weighted by molar-refractivity contribution is 7.16. The minimum Gasteiger partial charge on any atom is -0.345 e. The Morgan fingerprint density at radius 1 is 1.37 bits per heavy atom. The van der Waals surface area contributed by atoms with Crippen LogP contribution in [0.3, 0.4) is 0 Å². The fourth-order valence-electron chi connectivity index (χ4n) is 1.79.